The highest BCUT2D eigenvalue weighted by atomic mass is 16.4. The minimum Gasteiger partial charge on any atom is -0.477 e. The predicted molar refractivity (Wildman–Crippen MR) is 67.0 cm³/mol. The highest BCUT2D eigenvalue weighted by Gasteiger charge is 2.20. The first-order chi connectivity index (χ1) is 8.59. The zero-order chi connectivity index (χ0) is 13.1. The average Bonchev–Trinajstić information content (AvgIpc) is 2.55. The average molecular weight is 250 g/mol. The number of aryl methyl sites for hydroxylation is 1. The van der Waals surface area contributed by atoms with E-state index in [0.717, 1.165) is 25.7 Å². The molecule has 5 nitrogen and oxygen atoms in total. The third-order valence-corrected chi connectivity index (χ3v) is 3.57. The molecule has 18 heavy (non-hydrogen) atoms. The van der Waals surface area contributed by atoms with Gasteiger partial charge in [-0.3, -0.25) is 4.79 Å². The summed E-state index contributed by atoms with van der Waals surface area (Å²) in [6, 6.07) is 0. The molecule has 2 N–H and O–H groups in total. The van der Waals surface area contributed by atoms with Gasteiger partial charge in [0.25, 0.3) is 5.56 Å². The maximum atomic E-state index is 11.8. The minimum atomic E-state index is -1.21. The number of rotatable bonds is 2. The predicted octanol–water partition coefficient (Wildman–Crippen LogP) is 2.21. The Morgan fingerprint density at radius 3 is 2.39 bits per heavy atom. The summed E-state index contributed by atoms with van der Waals surface area (Å²) in [6.07, 6.45) is 6.80. The molecule has 5 heteroatoms. The van der Waals surface area contributed by atoms with Gasteiger partial charge in [-0.2, -0.15) is 0 Å². The molecule has 0 saturated heterocycles. The van der Waals surface area contributed by atoms with Crippen LogP contribution in [0.5, 0.6) is 0 Å². The Kier molecular flexibility index (Phi) is 3.79. The van der Waals surface area contributed by atoms with Gasteiger partial charge in [0.15, 0.2) is 0 Å². The number of hydrogen-bond acceptors (Lipinski definition) is 3. The number of nitrogens with one attached hydrogen (secondary N) is 1. The van der Waals surface area contributed by atoms with E-state index in [2.05, 4.69) is 9.97 Å². The Bertz CT molecular complexity index is 499. The molecule has 0 amide bonds. The van der Waals surface area contributed by atoms with Crippen molar-refractivity contribution in [2.75, 3.05) is 0 Å². The molecule has 0 aliphatic heterocycles. The lowest BCUT2D eigenvalue weighted by Crippen LogP contribution is -2.24. The van der Waals surface area contributed by atoms with Crippen LogP contribution in [0.15, 0.2) is 4.79 Å². The number of aromatic nitrogens is 2. The summed E-state index contributed by atoms with van der Waals surface area (Å²) in [5.41, 5.74) is -0.466. The van der Waals surface area contributed by atoms with Gasteiger partial charge in [-0.1, -0.05) is 25.7 Å². The van der Waals surface area contributed by atoms with Gasteiger partial charge in [0.2, 0.25) is 0 Å². The van der Waals surface area contributed by atoms with Gasteiger partial charge in [-0.05, 0) is 19.8 Å². The zero-order valence-electron chi connectivity index (χ0n) is 10.5. The molecule has 1 aliphatic rings. The molecule has 1 heterocycles. The first-order valence-electron chi connectivity index (χ1n) is 6.43. The zero-order valence-corrected chi connectivity index (χ0v) is 10.5. The summed E-state index contributed by atoms with van der Waals surface area (Å²) in [5, 5.41) is 8.93. The maximum Gasteiger partial charge on any atom is 0.343 e. The van der Waals surface area contributed by atoms with Gasteiger partial charge in [-0.25, -0.2) is 9.78 Å². The third-order valence-electron chi connectivity index (χ3n) is 3.57. The number of aromatic carboxylic acids is 1. The largest absolute Gasteiger partial charge is 0.477 e. The van der Waals surface area contributed by atoms with Crippen molar-refractivity contribution in [3.8, 4) is 0 Å². The Hall–Kier alpha value is -1.65. The van der Waals surface area contributed by atoms with E-state index in [9.17, 15) is 9.59 Å². The smallest absolute Gasteiger partial charge is 0.343 e. The van der Waals surface area contributed by atoms with Gasteiger partial charge in [0.1, 0.15) is 11.4 Å². The van der Waals surface area contributed by atoms with E-state index in [1.807, 2.05) is 0 Å². The molecule has 1 aromatic rings. The summed E-state index contributed by atoms with van der Waals surface area (Å²) in [4.78, 5) is 29.6. The minimum absolute atomic E-state index is 0.243. The lowest BCUT2D eigenvalue weighted by atomic mass is 9.99. The standard InChI is InChI=1S/C13H18N2O3/c1-8-10(13(17)18)12(16)15-11(14-8)9-6-4-2-3-5-7-9/h9H,2-7H2,1H3,(H,17,18)(H,14,15,16). The van der Waals surface area contributed by atoms with E-state index in [0.29, 0.717) is 11.5 Å². The molecule has 1 saturated carbocycles. The lowest BCUT2D eigenvalue weighted by molar-refractivity contribution is 0.0693. The van der Waals surface area contributed by atoms with Crippen LogP contribution in [0, 0.1) is 6.92 Å². The fraction of sp³-hybridized carbons (Fsp3) is 0.615. The molecule has 2 rings (SSSR count). The van der Waals surface area contributed by atoms with Crippen LogP contribution in [0.4, 0.5) is 0 Å². The Morgan fingerprint density at radius 2 is 1.89 bits per heavy atom. The quantitative estimate of drug-likeness (QED) is 0.788. The van der Waals surface area contributed by atoms with E-state index in [-0.39, 0.29) is 11.5 Å². The molecular weight excluding hydrogens is 232 g/mol. The van der Waals surface area contributed by atoms with Gasteiger partial charge in [0.05, 0.1) is 5.69 Å². The molecule has 0 aromatic carbocycles. The first-order valence-corrected chi connectivity index (χ1v) is 6.43. The maximum absolute atomic E-state index is 11.8. The highest BCUT2D eigenvalue weighted by molar-refractivity contribution is 5.88. The van der Waals surface area contributed by atoms with Crippen molar-refractivity contribution in [3.63, 3.8) is 0 Å². The van der Waals surface area contributed by atoms with Crippen LogP contribution in [0.3, 0.4) is 0 Å². The van der Waals surface area contributed by atoms with Crippen LogP contribution < -0.4 is 5.56 Å². The topological polar surface area (TPSA) is 83.0 Å². The van der Waals surface area contributed by atoms with Crippen molar-refractivity contribution in [3.05, 3.63) is 27.4 Å². The van der Waals surface area contributed by atoms with Crippen LogP contribution in [0.2, 0.25) is 0 Å². The highest BCUT2D eigenvalue weighted by Crippen LogP contribution is 2.29. The summed E-state index contributed by atoms with van der Waals surface area (Å²) >= 11 is 0. The second-order valence-electron chi connectivity index (χ2n) is 4.91. The van der Waals surface area contributed by atoms with Crippen molar-refractivity contribution in [1.29, 1.82) is 0 Å². The molecule has 0 atom stereocenters. The molecule has 0 radical (unpaired) electrons. The fourth-order valence-electron chi connectivity index (χ4n) is 2.61. The number of nitrogens with zero attached hydrogens (tertiary/aromatic N) is 1. The number of carbonyl (C=O) groups is 1. The summed E-state index contributed by atoms with van der Waals surface area (Å²) in [6.45, 7) is 1.58. The number of carboxylic acid groups (broad SMARTS) is 1. The van der Waals surface area contributed by atoms with E-state index in [4.69, 9.17) is 5.11 Å². The van der Waals surface area contributed by atoms with Crippen LogP contribution in [0.25, 0.3) is 0 Å². The molecule has 0 unspecified atom stereocenters. The van der Waals surface area contributed by atoms with Crippen LogP contribution in [-0.4, -0.2) is 21.0 Å². The fourth-order valence-corrected chi connectivity index (χ4v) is 2.61. The third kappa shape index (κ3) is 2.60. The number of H-pyrrole nitrogens is 1. The van der Waals surface area contributed by atoms with Crippen molar-refractivity contribution < 1.29 is 9.90 Å². The molecule has 1 aliphatic carbocycles. The van der Waals surface area contributed by atoms with E-state index < -0.39 is 11.5 Å². The van der Waals surface area contributed by atoms with Gasteiger partial charge >= 0.3 is 5.97 Å². The molecule has 0 bridgehead atoms. The molecule has 0 spiro atoms. The van der Waals surface area contributed by atoms with E-state index >= 15 is 0 Å². The summed E-state index contributed by atoms with van der Waals surface area (Å²) in [5.74, 6) is -0.292. The monoisotopic (exact) mass is 250 g/mol. The van der Waals surface area contributed by atoms with Gasteiger partial charge < -0.3 is 10.1 Å². The second kappa shape index (κ2) is 5.33. The first kappa shape index (κ1) is 12.8. The Morgan fingerprint density at radius 1 is 1.28 bits per heavy atom. The SMILES string of the molecule is Cc1nc(C2CCCCCC2)[nH]c(=O)c1C(=O)O. The Labute approximate surface area is 105 Å². The summed E-state index contributed by atoms with van der Waals surface area (Å²) in [7, 11) is 0. The van der Waals surface area contributed by atoms with Crippen LogP contribution in [0.1, 0.15) is 66.3 Å². The van der Waals surface area contributed by atoms with E-state index in [1.165, 1.54) is 12.8 Å². The summed E-state index contributed by atoms with van der Waals surface area (Å²) < 4.78 is 0. The molecular formula is C13H18N2O3. The van der Waals surface area contributed by atoms with Crippen molar-refractivity contribution in [2.45, 2.75) is 51.4 Å². The number of carboxylic acids is 1. The van der Waals surface area contributed by atoms with Crippen molar-refractivity contribution in [1.82, 2.24) is 9.97 Å². The lowest BCUT2D eigenvalue weighted by Gasteiger charge is -2.14. The molecule has 1 fully saturated rings. The van der Waals surface area contributed by atoms with Gasteiger partial charge in [0, 0.05) is 5.92 Å². The van der Waals surface area contributed by atoms with Crippen LogP contribution in [-0.2, 0) is 0 Å². The van der Waals surface area contributed by atoms with Gasteiger partial charge in [-0.15, -0.1) is 0 Å². The molecule has 98 valence electrons. The number of hydrogen-bond donors (Lipinski definition) is 2. The van der Waals surface area contributed by atoms with Crippen LogP contribution >= 0.6 is 0 Å². The second-order valence-corrected chi connectivity index (χ2v) is 4.91. The van der Waals surface area contributed by atoms with Crippen molar-refractivity contribution in [2.24, 2.45) is 0 Å². The van der Waals surface area contributed by atoms with Crippen molar-refractivity contribution >= 4 is 5.97 Å². The Balaban J connectivity index is 2.35. The normalized spacial score (nSPS) is 17.4. The molecule has 1 aromatic heterocycles. The van der Waals surface area contributed by atoms with E-state index in [1.54, 1.807) is 6.92 Å². The number of aromatic amines is 1.